The monoisotopic (exact) mass is 296 g/mol. The van der Waals surface area contributed by atoms with Gasteiger partial charge in [-0.2, -0.15) is 0 Å². The molecule has 3 aromatic rings. The Morgan fingerprint density at radius 1 is 1.14 bits per heavy atom. The van der Waals surface area contributed by atoms with Crippen molar-refractivity contribution in [3.63, 3.8) is 0 Å². The van der Waals surface area contributed by atoms with Crippen molar-refractivity contribution < 1.29 is 18.7 Å². The molecule has 0 atom stereocenters. The Morgan fingerprint density at radius 2 is 1.91 bits per heavy atom. The Balaban J connectivity index is 1.90. The van der Waals surface area contributed by atoms with Gasteiger partial charge >= 0.3 is 5.97 Å². The van der Waals surface area contributed by atoms with Gasteiger partial charge in [-0.15, -0.1) is 0 Å². The van der Waals surface area contributed by atoms with Crippen molar-refractivity contribution in [3.05, 3.63) is 65.4 Å². The third-order valence-corrected chi connectivity index (χ3v) is 3.47. The molecule has 3 rings (SSSR count). The average Bonchev–Trinajstić information content (AvgIpc) is 2.88. The molecule has 0 saturated carbocycles. The molecule has 0 amide bonds. The summed E-state index contributed by atoms with van der Waals surface area (Å²) in [6, 6.07) is 15.3. The van der Waals surface area contributed by atoms with Crippen LogP contribution in [0.5, 0.6) is 5.75 Å². The fraction of sp³-hybridized carbons (Fsp3) is 0.167. The van der Waals surface area contributed by atoms with E-state index in [0.717, 1.165) is 5.56 Å². The molecule has 0 aliphatic rings. The lowest BCUT2D eigenvalue weighted by atomic mass is 10.1. The highest BCUT2D eigenvalue weighted by molar-refractivity contribution is 6.04. The van der Waals surface area contributed by atoms with Crippen LogP contribution in [-0.2, 0) is 11.3 Å². The number of carbonyl (C=O) groups excluding carboxylic acids is 1. The van der Waals surface area contributed by atoms with E-state index in [9.17, 15) is 4.79 Å². The third-order valence-electron chi connectivity index (χ3n) is 3.47. The number of aryl methyl sites for hydroxylation is 1. The van der Waals surface area contributed by atoms with Gasteiger partial charge in [-0.25, -0.2) is 4.79 Å². The topological polar surface area (TPSA) is 48.7 Å². The van der Waals surface area contributed by atoms with Crippen LogP contribution in [-0.4, -0.2) is 13.1 Å². The molecule has 112 valence electrons. The van der Waals surface area contributed by atoms with Gasteiger partial charge in [0.25, 0.3) is 0 Å². The van der Waals surface area contributed by atoms with E-state index in [0.29, 0.717) is 34.6 Å². The normalized spacial score (nSPS) is 10.6. The second kappa shape index (κ2) is 5.93. The fourth-order valence-electron chi connectivity index (χ4n) is 2.39. The van der Waals surface area contributed by atoms with E-state index in [2.05, 4.69) is 0 Å². The number of hydrogen-bond acceptors (Lipinski definition) is 4. The number of rotatable bonds is 4. The van der Waals surface area contributed by atoms with Crippen LogP contribution in [0.1, 0.15) is 21.7 Å². The van der Waals surface area contributed by atoms with E-state index in [1.165, 1.54) is 7.11 Å². The number of furan rings is 1. The maximum atomic E-state index is 11.9. The lowest BCUT2D eigenvalue weighted by molar-refractivity contribution is 0.0601. The van der Waals surface area contributed by atoms with Gasteiger partial charge in [-0.05, 0) is 30.7 Å². The summed E-state index contributed by atoms with van der Waals surface area (Å²) in [5.74, 6) is 0.820. The Bertz CT molecular complexity index is 803. The standard InChI is InChI=1S/C18H16O4/c1-12-17(18(19)20-2)15-10-14(8-9-16(15)22-12)21-11-13-6-4-3-5-7-13/h3-10H,11H2,1-2H3. The molecule has 1 aromatic heterocycles. The number of hydrogen-bond donors (Lipinski definition) is 0. The first-order valence-corrected chi connectivity index (χ1v) is 6.97. The zero-order valence-electron chi connectivity index (χ0n) is 12.5. The summed E-state index contributed by atoms with van der Waals surface area (Å²) in [5.41, 5.74) is 2.17. The van der Waals surface area contributed by atoms with Crippen molar-refractivity contribution >= 4 is 16.9 Å². The van der Waals surface area contributed by atoms with Crippen LogP contribution in [0.25, 0.3) is 11.0 Å². The Morgan fingerprint density at radius 3 is 2.64 bits per heavy atom. The van der Waals surface area contributed by atoms with Crippen LogP contribution in [0, 0.1) is 6.92 Å². The maximum Gasteiger partial charge on any atom is 0.342 e. The molecule has 0 spiro atoms. The summed E-state index contributed by atoms with van der Waals surface area (Å²) < 4.78 is 16.2. The zero-order chi connectivity index (χ0) is 15.5. The fourth-order valence-corrected chi connectivity index (χ4v) is 2.39. The summed E-state index contributed by atoms with van der Waals surface area (Å²) in [5, 5.41) is 0.704. The lowest BCUT2D eigenvalue weighted by Gasteiger charge is -2.06. The molecule has 0 bridgehead atoms. The van der Waals surface area contributed by atoms with Crippen molar-refractivity contribution in [2.45, 2.75) is 13.5 Å². The zero-order valence-corrected chi connectivity index (χ0v) is 12.5. The second-order valence-electron chi connectivity index (χ2n) is 4.96. The van der Waals surface area contributed by atoms with Crippen molar-refractivity contribution in [1.29, 1.82) is 0 Å². The van der Waals surface area contributed by atoms with Crippen LogP contribution < -0.4 is 4.74 Å². The van der Waals surface area contributed by atoms with Crippen molar-refractivity contribution in [2.75, 3.05) is 7.11 Å². The van der Waals surface area contributed by atoms with Crippen molar-refractivity contribution in [3.8, 4) is 5.75 Å². The van der Waals surface area contributed by atoms with Gasteiger partial charge in [0.2, 0.25) is 0 Å². The highest BCUT2D eigenvalue weighted by Gasteiger charge is 2.19. The lowest BCUT2D eigenvalue weighted by Crippen LogP contribution is -2.02. The summed E-state index contributed by atoms with van der Waals surface area (Å²) in [6.45, 7) is 2.22. The van der Waals surface area contributed by atoms with Crippen molar-refractivity contribution in [2.24, 2.45) is 0 Å². The summed E-state index contributed by atoms with van der Waals surface area (Å²) in [6.07, 6.45) is 0. The molecular weight excluding hydrogens is 280 g/mol. The quantitative estimate of drug-likeness (QED) is 0.680. The van der Waals surface area contributed by atoms with Crippen LogP contribution in [0.4, 0.5) is 0 Å². The summed E-state index contributed by atoms with van der Waals surface area (Å²) in [7, 11) is 1.36. The molecular formula is C18H16O4. The van der Waals surface area contributed by atoms with E-state index in [4.69, 9.17) is 13.9 Å². The van der Waals surface area contributed by atoms with E-state index >= 15 is 0 Å². The number of fused-ring (bicyclic) bond motifs is 1. The SMILES string of the molecule is COC(=O)c1c(C)oc2ccc(OCc3ccccc3)cc12. The number of esters is 1. The van der Waals surface area contributed by atoms with Gasteiger partial charge in [0.1, 0.15) is 29.3 Å². The predicted octanol–water partition coefficient (Wildman–Crippen LogP) is 4.11. The predicted molar refractivity (Wildman–Crippen MR) is 83.1 cm³/mol. The van der Waals surface area contributed by atoms with Gasteiger partial charge < -0.3 is 13.9 Å². The van der Waals surface area contributed by atoms with Crippen LogP contribution in [0.3, 0.4) is 0 Å². The van der Waals surface area contributed by atoms with Crippen LogP contribution in [0.15, 0.2) is 52.9 Å². The van der Waals surface area contributed by atoms with Crippen LogP contribution >= 0.6 is 0 Å². The molecule has 4 nitrogen and oxygen atoms in total. The first-order chi connectivity index (χ1) is 10.7. The number of ether oxygens (including phenoxy) is 2. The molecule has 2 aromatic carbocycles. The Labute approximate surface area is 128 Å². The minimum Gasteiger partial charge on any atom is -0.489 e. The van der Waals surface area contributed by atoms with Gasteiger partial charge in [-0.3, -0.25) is 0 Å². The molecule has 0 saturated heterocycles. The van der Waals surface area contributed by atoms with Crippen LogP contribution in [0.2, 0.25) is 0 Å². The summed E-state index contributed by atoms with van der Waals surface area (Å²) >= 11 is 0. The second-order valence-corrected chi connectivity index (χ2v) is 4.96. The first kappa shape index (κ1) is 14.2. The molecule has 0 aliphatic heterocycles. The number of carbonyl (C=O) groups is 1. The number of benzene rings is 2. The summed E-state index contributed by atoms with van der Waals surface area (Å²) in [4.78, 5) is 11.9. The van der Waals surface area contributed by atoms with E-state index < -0.39 is 5.97 Å². The van der Waals surface area contributed by atoms with Crippen molar-refractivity contribution in [1.82, 2.24) is 0 Å². The molecule has 22 heavy (non-hydrogen) atoms. The molecule has 0 aliphatic carbocycles. The van der Waals surface area contributed by atoms with E-state index in [1.807, 2.05) is 36.4 Å². The largest absolute Gasteiger partial charge is 0.489 e. The molecule has 4 heteroatoms. The molecule has 0 fully saturated rings. The number of methoxy groups -OCH3 is 1. The highest BCUT2D eigenvalue weighted by atomic mass is 16.5. The molecule has 0 N–H and O–H groups in total. The average molecular weight is 296 g/mol. The first-order valence-electron chi connectivity index (χ1n) is 6.97. The van der Waals surface area contributed by atoms with E-state index in [1.54, 1.807) is 19.1 Å². The third kappa shape index (κ3) is 2.68. The maximum absolute atomic E-state index is 11.9. The highest BCUT2D eigenvalue weighted by Crippen LogP contribution is 2.29. The Hall–Kier alpha value is -2.75. The smallest absolute Gasteiger partial charge is 0.342 e. The van der Waals surface area contributed by atoms with Gasteiger partial charge in [0.05, 0.1) is 7.11 Å². The molecule has 0 radical (unpaired) electrons. The minimum absolute atomic E-state index is 0.406. The van der Waals surface area contributed by atoms with E-state index in [-0.39, 0.29) is 0 Å². The van der Waals surface area contributed by atoms with Gasteiger partial charge in [-0.1, -0.05) is 30.3 Å². The van der Waals surface area contributed by atoms with Gasteiger partial charge in [0, 0.05) is 5.39 Å². The van der Waals surface area contributed by atoms with Gasteiger partial charge in [0.15, 0.2) is 0 Å². The Kier molecular flexibility index (Phi) is 3.83. The molecule has 1 heterocycles. The minimum atomic E-state index is -0.406. The molecule has 0 unspecified atom stereocenters.